The summed E-state index contributed by atoms with van der Waals surface area (Å²) in [5.74, 6) is 0.243. The molecule has 1 aliphatic carbocycles. The summed E-state index contributed by atoms with van der Waals surface area (Å²) in [4.78, 5) is 27.6. The molecular formula is C22H25ClN4O2S. The third kappa shape index (κ3) is 4.01. The smallest absolute Gasteiger partial charge is 0.279 e. The van der Waals surface area contributed by atoms with Crippen LogP contribution < -0.4 is 10.9 Å². The standard InChI is InChI=1S/C22H25ClN4O2S/c1-12-5-7-14(23)10-16(12)24-18(28)11-27-21(29)19-15-8-6-13(22(2,3)4)9-17(15)30-20(19)25-26-27/h5,7,10,13H,6,8-9,11H2,1-4H3,(H,24,28). The molecule has 0 spiro atoms. The summed E-state index contributed by atoms with van der Waals surface area (Å²) in [6.45, 7) is 8.49. The number of thiophene rings is 1. The number of fused-ring (bicyclic) bond motifs is 3. The molecule has 0 bridgehead atoms. The zero-order chi connectivity index (χ0) is 21.6. The molecule has 0 fully saturated rings. The number of aryl methyl sites for hydroxylation is 2. The Morgan fingerprint density at radius 1 is 1.37 bits per heavy atom. The zero-order valence-corrected chi connectivity index (χ0v) is 19.2. The summed E-state index contributed by atoms with van der Waals surface area (Å²) in [5, 5.41) is 12.2. The minimum atomic E-state index is -0.340. The van der Waals surface area contributed by atoms with Crippen molar-refractivity contribution in [3.63, 3.8) is 0 Å². The van der Waals surface area contributed by atoms with Crippen molar-refractivity contribution >= 4 is 44.7 Å². The van der Waals surface area contributed by atoms with E-state index in [2.05, 4.69) is 36.4 Å². The van der Waals surface area contributed by atoms with Crippen molar-refractivity contribution in [2.75, 3.05) is 5.32 Å². The van der Waals surface area contributed by atoms with Gasteiger partial charge in [0.25, 0.3) is 5.56 Å². The number of carbonyl (C=O) groups excluding carboxylic acids is 1. The van der Waals surface area contributed by atoms with Crippen molar-refractivity contribution in [2.45, 2.75) is 53.5 Å². The Kier molecular flexibility index (Phi) is 5.45. The maximum Gasteiger partial charge on any atom is 0.279 e. The number of nitrogens with one attached hydrogen (secondary N) is 1. The minimum Gasteiger partial charge on any atom is -0.324 e. The number of anilines is 1. The molecule has 0 aliphatic heterocycles. The van der Waals surface area contributed by atoms with Crippen molar-refractivity contribution in [2.24, 2.45) is 11.3 Å². The molecule has 1 aromatic carbocycles. The highest BCUT2D eigenvalue weighted by Crippen LogP contribution is 2.41. The number of hydrogen-bond acceptors (Lipinski definition) is 5. The molecule has 6 nitrogen and oxygen atoms in total. The van der Waals surface area contributed by atoms with Gasteiger partial charge < -0.3 is 5.32 Å². The van der Waals surface area contributed by atoms with Gasteiger partial charge >= 0.3 is 0 Å². The predicted octanol–water partition coefficient (Wildman–Crippen LogP) is 4.60. The van der Waals surface area contributed by atoms with Gasteiger partial charge in [0.2, 0.25) is 5.91 Å². The lowest BCUT2D eigenvalue weighted by atomic mass is 9.72. The third-order valence-corrected chi connectivity index (χ3v) is 7.30. The zero-order valence-electron chi connectivity index (χ0n) is 17.6. The van der Waals surface area contributed by atoms with Crippen LogP contribution in [0.2, 0.25) is 5.02 Å². The number of benzene rings is 1. The normalized spacial score (nSPS) is 16.5. The van der Waals surface area contributed by atoms with E-state index >= 15 is 0 Å². The molecule has 3 aromatic rings. The van der Waals surface area contributed by atoms with Crippen molar-refractivity contribution < 1.29 is 4.79 Å². The Balaban J connectivity index is 1.61. The lowest BCUT2D eigenvalue weighted by Crippen LogP contribution is -2.31. The summed E-state index contributed by atoms with van der Waals surface area (Å²) < 4.78 is 1.15. The fourth-order valence-electron chi connectivity index (χ4n) is 4.02. The summed E-state index contributed by atoms with van der Waals surface area (Å²) in [5.41, 5.74) is 2.59. The van der Waals surface area contributed by atoms with Crippen molar-refractivity contribution in [3.8, 4) is 0 Å². The second kappa shape index (κ2) is 7.78. The molecule has 0 saturated carbocycles. The van der Waals surface area contributed by atoms with E-state index in [1.54, 1.807) is 23.5 Å². The topological polar surface area (TPSA) is 76.9 Å². The number of halogens is 1. The molecule has 2 aromatic heterocycles. The Labute approximate surface area is 184 Å². The number of rotatable bonds is 3. The van der Waals surface area contributed by atoms with Crippen LogP contribution in [0.4, 0.5) is 5.69 Å². The van der Waals surface area contributed by atoms with Gasteiger partial charge in [-0.25, -0.2) is 4.68 Å². The number of amides is 1. The number of aromatic nitrogens is 3. The molecule has 1 aliphatic rings. The minimum absolute atomic E-state index is 0.192. The monoisotopic (exact) mass is 444 g/mol. The Morgan fingerprint density at radius 3 is 2.87 bits per heavy atom. The fraction of sp³-hybridized carbons (Fsp3) is 0.455. The average molecular weight is 445 g/mol. The molecule has 1 amide bonds. The van der Waals surface area contributed by atoms with Crippen LogP contribution in [-0.2, 0) is 24.2 Å². The van der Waals surface area contributed by atoms with E-state index in [1.807, 2.05) is 13.0 Å². The average Bonchev–Trinajstić information content (AvgIpc) is 3.04. The van der Waals surface area contributed by atoms with Gasteiger partial charge in [-0.3, -0.25) is 9.59 Å². The van der Waals surface area contributed by atoms with Crippen LogP contribution >= 0.6 is 22.9 Å². The number of nitrogens with zero attached hydrogens (tertiary/aromatic N) is 3. The van der Waals surface area contributed by atoms with E-state index < -0.39 is 0 Å². The highest BCUT2D eigenvalue weighted by atomic mass is 35.5. The molecule has 1 N–H and O–H groups in total. The molecule has 4 rings (SSSR count). The van der Waals surface area contributed by atoms with Crippen LogP contribution in [0.15, 0.2) is 23.0 Å². The molecule has 1 unspecified atom stereocenters. The van der Waals surface area contributed by atoms with Gasteiger partial charge in [-0.1, -0.05) is 43.7 Å². The Hall–Kier alpha value is -2.25. The molecular weight excluding hydrogens is 420 g/mol. The maximum absolute atomic E-state index is 13.1. The van der Waals surface area contributed by atoms with Gasteiger partial charge in [-0.2, -0.15) is 0 Å². The molecule has 158 valence electrons. The lowest BCUT2D eigenvalue weighted by molar-refractivity contribution is -0.117. The van der Waals surface area contributed by atoms with Crippen LogP contribution in [0.1, 0.15) is 43.2 Å². The van der Waals surface area contributed by atoms with Gasteiger partial charge in [-0.05, 0) is 60.8 Å². The highest BCUT2D eigenvalue weighted by molar-refractivity contribution is 7.18. The van der Waals surface area contributed by atoms with E-state index in [-0.39, 0.29) is 23.4 Å². The van der Waals surface area contributed by atoms with Crippen molar-refractivity contribution in [1.82, 2.24) is 15.0 Å². The van der Waals surface area contributed by atoms with Crippen LogP contribution in [-0.4, -0.2) is 20.9 Å². The SMILES string of the molecule is Cc1ccc(Cl)cc1NC(=O)Cn1nnc2sc3c(c2c1=O)CCC(C(C)(C)C)C3. The quantitative estimate of drug-likeness (QED) is 0.640. The second-order valence-corrected chi connectivity index (χ2v) is 10.6. The van der Waals surface area contributed by atoms with Gasteiger partial charge in [0, 0.05) is 15.6 Å². The fourth-order valence-corrected chi connectivity index (χ4v) is 5.43. The molecule has 2 heterocycles. The Bertz CT molecular complexity index is 1190. The van der Waals surface area contributed by atoms with E-state index in [1.165, 1.54) is 4.88 Å². The van der Waals surface area contributed by atoms with Gasteiger partial charge in [-0.15, -0.1) is 16.4 Å². The second-order valence-electron chi connectivity index (χ2n) is 9.05. The van der Waals surface area contributed by atoms with Gasteiger partial charge in [0.05, 0.1) is 5.39 Å². The molecule has 8 heteroatoms. The third-order valence-electron chi connectivity index (χ3n) is 5.93. The van der Waals surface area contributed by atoms with Gasteiger partial charge in [0.15, 0.2) is 4.83 Å². The molecule has 30 heavy (non-hydrogen) atoms. The van der Waals surface area contributed by atoms with E-state index in [4.69, 9.17) is 11.6 Å². The Morgan fingerprint density at radius 2 is 2.13 bits per heavy atom. The largest absolute Gasteiger partial charge is 0.324 e. The van der Waals surface area contributed by atoms with E-state index in [0.29, 0.717) is 26.8 Å². The summed E-state index contributed by atoms with van der Waals surface area (Å²) >= 11 is 7.58. The molecule has 1 atom stereocenters. The number of carbonyl (C=O) groups is 1. The first kappa shape index (κ1) is 21.0. The van der Waals surface area contributed by atoms with Crippen LogP contribution in [0, 0.1) is 18.3 Å². The summed E-state index contributed by atoms with van der Waals surface area (Å²) in [6.07, 6.45) is 2.89. The summed E-state index contributed by atoms with van der Waals surface area (Å²) in [7, 11) is 0. The van der Waals surface area contributed by atoms with Crippen LogP contribution in [0.3, 0.4) is 0 Å². The predicted molar refractivity (Wildman–Crippen MR) is 121 cm³/mol. The highest BCUT2D eigenvalue weighted by Gasteiger charge is 2.32. The van der Waals surface area contributed by atoms with Crippen LogP contribution in [0.25, 0.3) is 10.2 Å². The first-order chi connectivity index (χ1) is 14.1. The van der Waals surface area contributed by atoms with E-state index in [9.17, 15) is 9.59 Å². The molecule has 0 saturated heterocycles. The maximum atomic E-state index is 13.1. The van der Waals surface area contributed by atoms with Crippen LogP contribution in [0.5, 0.6) is 0 Å². The van der Waals surface area contributed by atoms with E-state index in [0.717, 1.165) is 35.1 Å². The van der Waals surface area contributed by atoms with Gasteiger partial charge in [0.1, 0.15) is 6.54 Å². The van der Waals surface area contributed by atoms with Crippen molar-refractivity contribution in [3.05, 3.63) is 49.6 Å². The lowest BCUT2D eigenvalue weighted by Gasteiger charge is -2.33. The van der Waals surface area contributed by atoms with Crippen molar-refractivity contribution in [1.29, 1.82) is 0 Å². The molecule has 0 radical (unpaired) electrons. The first-order valence-corrected chi connectivity index (χ1v) is 11.3. The first-order valence-electron chi connectivity index (χ1n) is 10.1. The number of hydrogen-bond donors (Lipinski definition) is 1. The summed E-state index contributed by atoms with van der Waals surface area (Å²) in [6, 6.07) is 5.28.